The van der Waals surface area contributed by atoms with Crippen LogP contribution in [0.3, 0.4) is 0 Å². The van der Waals surface area contributed by atoms with E-state index in [1.165, 1.54) is 30.4 Å². The fraction of sp³-hybridized carbons (Fsp3) is 0.741. The smallest absolute Gasteiger partial charge is 0.342 e. The van der Waals surface area contributed by atoms with Gasteiger partial charge in [0.05, 0.1) is 17.3 Å². The number of aliphatic hydroxyl groups is 1. The van der Waals surface area contributed by atoms with E-state index in [4.69, 9.17) is 4.98 Å². The standard InChI is InChI=1S/C27H43N7O2/c1-20-26-24(10-11-25(30-26)33-15-4-2-3-5-16-33)34(31-20)27(36)29-22-12-17-32(18-13-22)19-14-28-21-6-8-23(35)9-7-21/h10-11,21-23,28,35H,2-9,12-19H2,1H3,(H,29,36). The molecule has 0 bridgehead atoms. The molecule has 5 rings (SSSR count). The maximum absolute atomic E-state index is 13.1. The Balaban J connectivity index is 1.11. The highest BCUT2D eigenvalue weighted by Crippen LogP contribution is 2.23. The van der Waals surface area contributed by atoms with E-state index in [1.54, 1.807) is 0 Å². The monoisotopic (exact) mass is 497 g/mol. The minimum atomic E-state index is -0.156. The lowest BCUT2D eigenvalue weighted by Gasteiger charge is -2.33. The summed E-state index contributed by atoms with van der Waals surface area (Å²) in [4.78, 5) is 22.9. The van der Waals surface area contributed by atoms with Crippen molar-refractivity contribution in [3.63, 3.8) is 0 Å². The van der Waals surface area contributed by atoms with Crippen LogP contribution in [0.1, 0.15) is 69.9 Å². The first-order valence-electron chi connectivity index (χ1n) is 14.1. The summed E-state index contributed by atoms with van der Waals surface area (Å²) in [5.41, 5.74) is 2.40. The molecule has 9 heteroatoms. The van der Waals surface area contributed by atoms with Gasteiger partial charge in [-0.3, -0.25) is 0 Å². The first-order chi connectivity index (χ1) is 17.6. The van der Waals surface area contributed by atoms with E-state index in [2.05, 4.69) is 25.5 Å². The Bertz CT molecular complexity index is 1000. The number of anilines is 1. The zero-order valence-corrected chi connectivity index (χ0v) is 21.8. The summed E-state index contributed by atoms with van der Waals surface area (Å²) in [5, 5.41) is 21.1. The summed E-state index contributed by atoms with van der Waals surface area (Å²) in [6.45, 7) is 8.05. The van der Waals surface area contributed by atoms with E-state index in [0.717, 1.165) is 100 Å². The number of nitrogens with one attached hydrogen (secondary N) is 2. The number of nitrogens with zero attached hydrogens (tertiary/aromatic N) is 5. The van der Waals surface area contributed by atoms with Crippen molar-refractivity contribution in [3.05, 3.63) is 17.8 Å². The molecule has 3 N–H and O–H groups in total. The van der Waals surface area contributed by atoms with Crippen LogP contribution >= 0.6 is 0 Å². The van der Waals surface area contributed by atoms with Gasteiger partial charge < -0.3 is 25.5 Å². The van der Waals surface area contributed by atoms with Gasteiger partial charge in [0.1, 0.15) is 11.3 Å². The van der Waals surface area contributed by atoms with Gasteiger partial charge in [-0.15, -0.1) is 0 Å². The van der Waals surface area contributed by atoms with Crippen LogP contribution in [0.5, 0.6) is 0 Å². The van der Waals surface area contributed by atoms with Gasteiger partial charge >= 0.3 is 6.03 Å². The molecule has 0 radical (unpaired) electrons. The third-order valence-electron chi connectivity index (χ3n) is 8.28. The Labute approximate surface area is 214 Å². The van der Waals surface area contributed by atoms with Crippen LogP contribution in [0.15, 0.2) is 12.1 Å². The fourth-order valence-corrected chi connectivity index (χ4v) is 6.00. The van der Waals surface area contributed by atoms with Gasteiger partial charge in [0.15, 0.2) is 0 Å². The molecule has 1 aliphatic carbocycles. The molecule has 4 heterocycles. The lowest BCUT2D eigenvalue weighted by Crippen LogP contribution is -2.48. The number of likely N-dealkylation sites (tertiary alicyclic amines) is 1. The van der Waals surface area contributed by atoms with Crippen LogP contribution < -0.4 is 15.5 Å². The topological polar surface area (TPSA) is 98.5 Å². The molecule has 3 aliphatic rings. The molecular formula is C27H43N7O2. The predicted octanol–water partition coefficient (Wildman–Crippen LogP) is 3.04. The van der Waals surface area contributed by atoms with Crippen LogP contribution in [0.2, 0.25) is 0 Å². The summed E-state index contributed by atoms with van der Waals surface area (Å²) in [5.74, 6) is 0.996. The number of pyridine rings is 1. The van der Waals surface area contributed by atoms with Gasteiger partial charge in [-0.2, -0.15) is 9.78 Å². The van der Waals surface area contributed by atoms with Crippen molar-refractivity contribution in [1.29, 1.82) is 0 Å². The summed E-state index contributed by atoms with van der Waals surface area (Å²) in [6, 6.07) is 4.61. The van der Waals surface area contributed by atoms with E-state index in [0.29, 0.717) is 6.04 Å². The number of carbonyl (C=O) groups is 1. The second-order valence-corrected chi connectivity index (χ2v) is 11.0. The molecule has 2 aromatic rings. The molecule has 2 aliphatic heterocycles. The lowest BCUT2D eigenvalue weighted by molar-refractivity contribution is 0.115. The van der Waals surface area contributed by atoms with Crippen LogP contribution in [0.25, 0.3) is 11.0 Å². The Kier molecular flexibility index (Phi) is 8.39. The van der Waals surface area contributed by atoms with E-state index in [9.17, 15) is 9.90 Å². The number of piperidine rings is 1. The van der Waals surface area contributed by atoms with Crippen LogP contribution in [-0.4, -0.2) is 88.3 Å². The minimum absolute atomic E-state index is 0.0983. The first kappa shape index (κ1) is 25.4. The van der Waals surface area contributed by atoms with Gasteiger partial charge in [-0.25, -0.2) is 9.78 Å². The minimum Gasteiger partial charge on any atom is -0.393 e. The van der Waals surface area contributed by atoms with Crippen molar-refractivity contribution in [1.82, 2.24) is 30.3 Å². The average molecular weight is 498 g/mol. The number of hydrogen-bond acceptors (Lipinski definition) is 7. The third kappa shape index (κ3) is 6.18. The molecule has 0 spiro atoms. The normalized spacial score (nSPS) is 24.7. The Morgan fingerprint density at radius 3 is 2.42 bits per heavy atom. The van der Waals surface area contributed by atoms with Crippen LogP contribution in [-0.2, 0) is 0 Å². The Morgan fingerprint density at radius 1 is 0.972 bits per heavy atom. The first-order valence-corrected chi connectivity index (χ1v) is 14.1. The number of aromatic nitrogens is 3. The zero-order chi connectivity index (χ0) is 24.9. The highest BCUT2D eigenvalue weighted by molar-refractivity contribution is 5.90. The molecular weight excluding hydrogens is 454 g/mol. The molecule has 1 saturated carbocycles. The van der Waals surface area contributed by atoms with Crippen molar-refractivity contribution in [2.75, 3.05) is 44.2 Å². The summed E-state index contributed by atoms with van der Waals surface area (Å²) >= 11 is 0. The van der Waals surface area contributed by atoms with Gasteiger partial charge in [-0.1, -0.05) is 12.8 Å². The predicted molar refractivity (Wildman–Crippen MR) is 143 cm³/mol. The number of amides is 1. The Morgan fingerprint density at radius 2 is 1.69 bits per heavy atom. The maximum Gasteiger partial charge on any atom is 0.342 e. The second-order valence-electron chi connectivity index (χ2n) is 11.0. The summed E-state index contributed by atoms with van der Waals surface area (Å²) in [7, 11) is 0. The lowest BCUT2D eigenvalue weighted by atomic mass is 9.93. The van der Waals surface area contributed by atoms with Gasteiger partial charge in [-0.05, 0) is 70.4 Å². The molecule has 3 fully saturated rings. The largest absolute Gasteiger partial charge is 0.393 e. The Hall–Kier alpha value is -2.23. The van der Waals surface area contributed by atoms with Gasteiger partial charge in [0.25, 0.3) is 0 Å². The molecule has 36 heavy (non-hydrogen) atoms. The van der Waals surface area contributed by atoms with Crippen LogP contribution in [0.4, 0.5) is 10.6 Å². The average Bonchev–Trinajstić information content (AvgIpc) is 3.05. The molecule has 2 aromatic heterocycles. The number of hydrogen-bond donors (Lipinski definition) is 3. The van der Waals surface area contributed by atoms with E-state index in [1.807, 2.05) is 19.1 Å². The third-order valence-corrected chi connectivity index (χ3v) is 8.28. The van der Waals surface area contributed by atoms with Crippen molar-refractivity contribution < 1.29 is 9.90 Å². The van der Waals surface area contributed by atoms with E-state index in [-0.39, 0.29) is 18.2 Å². The summed E-state index contributed by atoms with van der Waals surface area (Å²) < 4.78 is 1.50. The van der Waals surface area contributed by atoms with Crippen LogP contribution in [0, 0.1) is 6.92 Å². The molecule has 198 valence electrons. The van der Waals surface area contributed by atoms with Crippen molar-refractivity contribution >= 4 is 22.9 Å². The number of rotatable bonds is 6. The SMILES string of the molecule is Cc1nn(C(=O)NC2CCN(CCNC3CCC(O)CC3)CC2)c2ccc(N3CCCCCC3)nc12. The maximum atomic E-state index is 13.1. The van der Waals surface area contributed by atoms with Gasteiger partial charge in [0, 0.05) is 51.4 Å². The highest BCUT2D eigenvalue weighted by atomic mass is 16.3. The fourth-order valence-electron chi connectivity index (χ4n) is 6.00. The zero-order valence-electron chi connectivity index (χ0n) is 21.8. The van der Waals surface area contributed by atoms with Crippen molar-refractivity contribution in [2.45, 2.75) is 89.3 Å². The van der Waals surface area contributed by atoms with Crippen molar-refractivity contribution in [2.24, 2.45) is 0 Å². The highest BCUT2D eigenvalue weighted by Gasteiger charge is 2.24. The number of carbonyl (C=O) groups excluding carboxylic acids is 1. The quantitative estimate of drug-likeness (QED) is 0.564. The molecule has 2 saturated heterocycles. The molecule has 0 unspecified atom stereocenters. The molecule has 9 nitrogen and oxygen atoms in total. The van der Waals surface area contributed by atoms with Crippen molar-refractivity contribution in [3.8, 4) is 0 Å². The van der Waals surface area contributed by atoms with E-state index >= 15 is 0 Å². The number of fused-ring (bicyclic) bond motifs is 1. The molecule has 0 atom stereocenters. The molecule has 1 amide bonds. The number of aryl methyl sites for hydroxylation is 1. The summed E-state index contributed by atoms with van der Waals surface area (Å²) in [6.07, 6.45) is 10.8. The number of aliphatic hydroxyl groups excluding tert-OH is 1. The van der Waals surface area contributed by atoms with E-state index < -0.39 is 0 Å². The second kappa shape index (κ2) is 11.9. The van der Waals surface area contributed by atoms with Gasteiger partial charge in [0.2, 0.25) is 0 Å². The molecule has 0 aromatic carbocycles.